The summed E-state index contributed by atoms with van der Waals surface area (Å²) in [6.07, 6.45) is 3.90. The Morgan fingerprint density at radius 1 is 1.08 bits per heavy atom. The van der Waals surface area contributed by atoms with E-state index in [0.717, 1.165) is 16.6 Å². The van der Waals surface area contributed by atoms with E-state index in [1.54, 1.807) is 33.6 Å². The molecule has 0 saturated carbocycles. The second-order valence-corrected chi connectivity index (χ2v) is 10.0. The van der Waals surface area contributed by atoms with Crippen molar-refractivity contribution in [1.29, 1.82) is 0 Å². The molecule has 12 heteroatoms. The maximum absolute atomic E-state index is 13.5. The highest BCUT2D eigenvalue weighted by Crippen LogP contribution is 2.29. The maximum Gasteiger partial charge on any atom is 0.292 e. The van der Waals surface area contributed by atoms with Gasteiger partial charge >= 0.3 is 0 Å². The Morgan fingerprint density at radius 2 is 1.89 bits per heavy atom. The summed E-state index contributed by atoms with van der Waals surface area (Å²) in [5, 5.41) is 14.9. The SMILES string of the molecule is Cn1cc(-c2cc3c(-c4ccc(CNC(=O)c5noc(C(C)(C)C)n5)c(CC(F)F)c4)ncnn3c2)cn1. The molecular formula is C26H26F2N8O2. The van der Waals surface area contributed by atoms with E-state index in [1.807, 2.05) is 46.3 Å². The van der Waals surface area contributed by atoms with Crippen LogP contribution in [-0.2, 0) is 25.4 Å². The number of halogens is 2. The first kappa shape index (κ1) is 25.2. The Morgan fingerprint density at radius 3 is 2.58 bits per heavy atom. The summed E-state index contributed by atoms with van der Waals surface area (Å²) < 4.78 is 35.6. The molecule has 1 amide bonds. The smallest absolute Gasteiger partial charge is 0.292 e. The first-order valence-corrected chi connectivity index (χ1v) is 11.9. The van der Waals surface area contributed by atoms with Gasteiger partial charge in [0.25, 0.3) is 11.7 Å². The molecule has 5 rings (SSSR count). The number of alkyl halides is 2. The van der Waals surface area contributed by atoms with Crippen LogP contribution in [0.15, 0.2) is 53.7 Å². The largest absolute Gasteiger partial charge is 0.345 e. The van der Waals surface area contributed by atoms with Crippen LogP contribution in [0.5, 0.6) is 0 Å². The first-order valence-electron chi connectivity index (χ1n) is 11.9. The molecule has 4 heterocycles. The molecule has 196 valence electrons. The Bertz CT molecular complexity index is 1610. The number of fused-ring (bicyclic) bond motifs is 1. The normalized spacial score (nSPS) is 12.0. The maximum atomic E-state index is 13.5. The summed E-state index contributed by atoms with van der Waals surface area (Å²) in [4.78, 5) is 21.2. The average molecular weight is 521 g/mol. The predicted octanol–water partition coefficient (Wildman–Crippen LogP) is 4.21. The van der Waals surface area contributed by atoms with Gasteiger partial charge < -0.3 is 9.84 Å². The highest BCUT2D eigenvalue weighted by atomic mass is 19.3. The van der Waals surface area contributed by atoms with Crippen LogP contribution in [0.2, 0.25) is 0 Å². The monoisotopic (exact) mass is 520 g/mol. The van der Waals surface area contributed by atoms with Crippen LogP contribution < -0.4 is 5.32 Å². The lowest BCUT2D eigenvalue weighted by molar-refractivity contribution is 0.0937. The first-order chi connectivity index (χ1) is 18.1. The van der Waals surface area contributed by atoms with Crippen LogP contribution in [-0.4, -0.2) is 46.9 Å². The molecule has 0 atom stereocenters. The Balaban J connectivity index is 1.43. The van der Waals surface area contributed by atoms with Gasteiger partial charge in [-0.1, -0.05) is 38.1 Å². The Labute approximate surface area is 216 Å². The predicted molar refractivity (Wildman–Crippen MR) is 135 cm³/mol. The van der Waals surface area contributed by atoms with Gasteiger partial charge in [0.05, 0.1) is 17.4 Å². The van der Waals surface area contributed by atoms with Crippen molar-refractivity contribution in [2.45, 2.75) is 45.6 Å². The lowest BCUT2D eigenvalue weighted by Crippen LogP contribution is -2.25. The van der Waals surface area contributed by atoms with E-state index in [-0.39, 0.29) is 12.4 Å². The molecule has 0 spiro atoms. The molecule has 0 saturated heterocycles. The summed E-state index contributed by atoms with van der Waals surface area (Å²) in [6.45, 7) is 5.69. The average Bonchev–Trinajstić information content (AvgIpc) is 3.61. The van der Waals surface area contributed by atoms with Crippen molar-refractivity contribution in [2.24, 2.45) is 7.05 Å². The van der Waals surface area contributed by atoms with Crippen LogP contribution in [0, 0.1) is 0 Å². The summed E-state index contributed by atoms with van der Waals surface area (Å²) in [7, 11) is 1.84. The van der Waals surface area contributed by atoms with Gasteiger partial charge in [0.1, 0.15) is 6.33 Å². The van der Waals surface area contributed by atoms with E-state index in [1.165, 1.54) is 6.33 Å². The Hall–Kier alpha value is -4.48. The van der Waals surface area contributed by atoms with Crippen LogP contribution in [0.3, 0.4) is 0 Å². The third kappa shape index (κ3) is 5.15. The van der Waals surface area contributed by atoms with Gasteiger partial charge in [0, 0.05) is 54.5 Å². The fourth-order valence-electron chi connectivity index (χ4n) is 4.06. The van der Waals surface area contributed by atoms with Crippen molar-refractivity contribution < 1.29 is 18.1 Å². The van der Waals surface area contributed by atoms with Crippen molar-refractivity contribution >= 4 is 11.4 Å². The molecular weight excluding hydrogens is 494 g/mol. The molecule has 0 bridgehead atoms. The highest BCUT2D eigenvalue weighted by Gasteiger charge is 2.24. The fourth-order valence-corrected chi connectivity index (χ4v) is 4.06. The number of aryl methyl sites for hydroxylation is 1. The van der Waals surface area contributed by atoms with Gasteiger partial charge in [-0.25, -0.2) is 18.3 Å². The zero-order valence-electron chi connectivity index (χ0n) is 21.3. The summed E-state index contributed by atoms with van der Waals surface area (Å²) in [5.74, 6) is -0.327. The topological polar surface area (TPSA) is 116 Å². The number of benzene rings is 1. The minimum absolute atomic E-state index is 0.0238. The van der Waals surface area contributed by atoms with Gasteiger partial charge in [0.15, 0.2) is 0 Å². The van der Waals surface area contributed by atoms with Crippen LogP contribution >= 0.6 is 0 Å². The minimum Gasteiger partial charge on any atom is -0.345 e. The second kappa shape index (κ2) is 9.77. The van der Waals surface area contributed by atoms with Crippen molar-refractivity contribution in [2.75, 3.05) is 0 Å². The second-order valence-electron chi connectivity index (χ2n) is 10.0. The van der Waals surface area contributed by atoms with Crippen molar-refractivity contribution in [3.8, 4) is 22.4 Å². The molecule has 4 aromatic heterocycles. The molecule has 0 aliphatic heterocycles. The summed E-state index contributed by atoms with van der Waals surface area (Å²) in [5.41, 5.74) is 4.36. The van der Waals surface area contributed by atoms with Gasteiger partial charge in [0.2, 0.25) is 12.3 Å². The number of hydrogen-bond donors (Lipinski definition) is 1. The van der Waals surface area contributed by atoms with E-state index in [2.05, 4.69) is 30.6 Å². The number of nitrogens with one attached hydrogen (secondary N) is 1. The van der Waals surface area contributed by atoms with Gasteiger partial charge in [-0.3, -0.25) is 9.48 Å². The number of nitrogens with zero attached hydrogens (tertiary/aromatic N) is 7. The lowest BCUT2D eigenvalue weighted by atomic mass is 9.97. The van der Waals surface area contributed by atoms with Crippen molar-refractivity contribution in [3.63, 3.8) is 0 Å². The molecule has 0 radical (unpaired) electrons. The van der Waals surface area contributed by atoms with Crippen LogP contribution in [0.25, 0.3) is 27.9 Å². The van der Waals surface area contributed by atoms with E-state index in [0.29, 0.717) is 28.3 Å². The summed E-state index contributed by atoms with van der Waals surface area (Å²) in [6, 6.07) is 7.12. The van der Waals surface area contributed by atoms with Crippen molar-refractivity contribution in [1.82, 2.24) is 39.8 Å². The van der Waals surface area contributed by atoms with Crippen LogP contribution in [0.1, 0.15) is 48.4 Å². The van der Waals surface area contributed by atoms with E-state index < -0.39 is 24.2 Å². The third-order valence-electron chi connectivity index (χ3n) is 6.01. The highest BCUT2D eigenvalue weighted by molar-refractivity contribution is 5.90. The number of carbonyl (C=O) groups excluding carboxylic acids is 1. The van der Waals surface area contributed by atoms with E-state index in [4.69, 9.17) is 4.52 Å². The van der Waals surface area contributed by atoms with Crippen molar-refractivity contribution in [3.05, 3.63) is 72.0 Å². The molecule has 10 nitrogen and oxygen atoms in total. The number of rotatable bonds is 7. The Kier molecular flexibility index (Phi) is 6.47. The molecule has 38 heavy (non-hydrogen) atoms. The van der Waals surface area contributed by atoms with Gasteiger partial charge in [-0.2, -0.15) is 15.2 Å². The quantitative estimate of drug-likeness (QED) is 0.342. The standard InChI is InChI=1S/C26H26F2N8O2/c1-26(2,3)25-33-23(34-38-25)24(37)29-10-16-6-5-15(7-17(16)9-21(27)28)22-20-8-18(13-36(20)32-14-30-22)19-11-31-35(4)12-19/h5-8,11-14,21H,9-10H2,1-4H3,(H,29,37). The molecule has 0 fully saturated rings. The molecule has 5 aromatic rings. The molecule has 0 unspecified atom stereocenters. The van der Waals surface area contributed by atoms with E-state index in [9.17, 15) is 13.6 Å². The zero-order valence-corrected chi connectivity index (χ0v) is 21.3. The molecule has 0 aliphatic carbocycles. The summed E-state index contributed by atoms with van der Waals surface area (Å²) >= 11 is 0. The number of carbonyl (C=O) groups is 1. The van der Waals surface area contributed by atoms with E-state index >= 15 is 0 Å². The lowest BCUT2D eigenvalue weighted by Gasteiger charge is -2.13. The van der Waals surface area contributed by atoms with Gasteiger partial charge in [-0.15, -0.1) is 0 Å². The molecule has 0 aliphatic rings. The molecule has 1 N–H and O–H groups in total. The third-order valence-corrected chi connectivity index (χ3v) is 6.01. The van der Waals surface area contributed by atoms with Gasteiger partial charge in [-0.05, 0) is 23.3 Å². The minimum atomic E-state index is -2.57. The number of aromatic nitrogens is 7. The van der Waals surface area contributed by atoms with Crippen LogP contribution in [0.4, 0.5) is 8.78 Å². The zero-order chi connectivity index (χ0) is 27.0. The number of hydrogen-bond acceptors (Lipinski definition) is 7. The fraction of sp³-hybridized carbons (Fsp3) is 0.308. The molecule has 1 aromatic carbocycles. The number of amides is 1.